The van der Waals surface area contributed by atoms with E-state index in [9.17, 15) is 9.59 Å². The van der Waals surface area contributed by atoms with Crippen LogP contribution in [0.1, 0.15) is 35.1 Å². The van der Waals surface area contributed by atoms with Gasteiger partial charge in [0.05, 0.1) is 15.2 Å². The number of ether oxygens (including phenoxy) is 1. The van der Waals surface area contributed by atoms with Gasteiger partial charge in [0.15, 0.2) is 6.10 Å². The number of aromatic nitrogens is 1. The number of rotatable bonds is 7. The average Bonchev–Trinajstić information content (AvgIpc) is 3.04. The number of hydrogen-bond acceptors (Lipinski definition) is 5. The van der Waals surface area contributed by atoms with Crippen LogP contribution in [0.15, 0.2) is 54.6 Å². The van der Waals surface area contributed by atoms with Crippen LogP contribution in [0.4, 0.5) is 0 Å². The second-order valence-electron chi connectivity index (χ2n) is 5.79. The predicted molar refractivity (Wildman–Crippen MR) is 98.9 cm³/mol. The molecule has 0 aliphatic carbocycles. The van der Waals surface area contributed by atoms with Crippen molar-refractivity contribution in [3.8, 4) is 0 Å². The van der Waals surface area contributed by atoms with Gasteiger partial charge in [-0.25, -0.2) is 4.98 Å². The third-order valence-electron chi connectivity index (χ3n) is 3.85. The summed E-state index contributed by atoms with van der Waals surface area (Å²) in [4.78, 5) is 28.7. The zero-order chi connectivity index (χ0) is 17.6. The van der Waals surface area contributed by atoms with E-state index in [1.165, 1.54) is 0 Å². The molecule has 0 spiro atoms. The van der Waals surface area contributed by atoms with E-state index in [0.717, 1.165) is 21.6 Å². The van der Waals surface area contributed by atoms with Crippen molar-refractivity contribution in [3.05, 3.63) is 65.2 Å². The summed E-state index contributed by atoms with van der Waals surface area (Å²) in [5.74, 6) is -0.530. The van der Waals surface area contributed by atoms with Crippen LogP contribution in [0, 0.1) is 0 Å². The zero-order valence-corrected chi connectivity index (χ0v) is 14.8. The van der Waals surface area contributed by atoms with Crippen LogP contribution in [0.3, 0.4) is 0 Å². The number of thiazole rings is 1. The lowest BCUT2D eigenvalue weighted by atomic mass is 10.1. The average molecular weight is 353 g/mol. The van der Waals surface area contributed by atoms with Gasteiger partial charge in [-0.1, -0.05) is 42.5 Å². The lowest BCUT2D eigenvalue weighted by molar-refractivity contribution is -0.146. The van der Waals surface area contributed by atoms with Crippen LogP contribution in [0.25, 0.3) is 10.2 Å². The summed E-state index contributed by atoms with van der Waals surface area (Å²) in [5, 5.41) is 1.02. The number of hydrogen-bond donors (Lipinski definition) is 0. The zero-order valence-electron chi connectivity index (χ0n) is 14.0. The summed E-state index contributed by atoms with van der Waals surface area (Å²) < 4.78 is 6.41. The first-order valence-corrected chi connectivity index (χ1v) is 9.08. The van der Waals surface area contributed by atoms with E-state index in [2.05, 4.69) is 4.98 Å². The first-order valence-electron chi connectivity index (χ1n) is 8.26. The number of aryl methyl sites for hydroxylation is 1. The molecule has 3 rings (SSSR count). The third kappa shape index (κ3) is 4.51. The molecule has 128 valence electrons. The summed E-state index contributed by atoms with van der Waals surface area (Å²) in [6.07, 6.45) is 0.903. The Morgan fingerprint density at radius 3 is 2.56 bits per heavy atom. The molecule has 4 nitrogen and oxygen atoms in total. The van der Waals surface area contributed by atoms with Gasteiger partial charge >= 0.3 is 5.97 Å². The van der Waals surface area contributed by atoms with Crippen molar-refractivity contribution in [1.82, 2.24) is 4.98 Å². The lowest BCUT2D eigenvalue weighted by Crippen LogP contribution is -2.24. The molecular weight excluding hydrogens is 334 g/mol. The molecule has 5 heteroatoms. The molecule has 3 aromatic rings. The van der Waals surface area contributed by atoms with Crippen LogP contribution >= 0.6 is 11.3 Å². The topological polar surface area (TPSA) is 56.3 Å². The van der Waals surface area contributed by atoms with E-state index in [0.29, 0.717) is 12.0 Å². The standard InChI is InChI=1S/C20H19NO3S/c1-14(20(23)15-8-3-2-4-9-15)24-19(22)13-7-12-18-21-16-10-5-6-11-17(16)25-18/h2-6,8-11,14H,7,12-13H2,1H3. The van der Waals surface area contributed by atoms with Crippen LogP contribution in [-0.4, -0.2) is 22.8 Å². The summed E-state index contributed by atoms with van der Waals surface area (Å²) >= 11 is 1.65. The molecule has 0 amide bonds. The molecule has 1 atom stereocenters. The highest BCUT2D eigenvalue weighted by molar-refractivity contribution is 7.18. The molecule has 0 saturated carbocycles. The smallest absolute Gasteiger partial charge is 0.306 e. The largest absolute Gasteiger partial charge is 0.454 e. The number of para-hydroxylation sites is 1. The van der Waals surface area contributed by atoms with E-state index in [-0.39, 0.29) is 18.2 Å². The fraction of sp³-hybridized carbons (Fsp3) is 0.250. The Balaban J connectivity index is 1.47. The van der Waals surface area contributed by atoms with Crippen molar-refractivity contribution < 1.29 is 14.3 Å². The molecule has 0 aliphatic rings. The molecule has 0 N–H and O–H groups in total. The monoisotopic (exact) mass is 353 g/mol. The van der Waals surface area contributed by atoms with Gasteiger partial charge in [0.2, 0.25) is 5.78 Å². The van der Waals surface area contributed by atoms with Crippen LogP contribution in [-0.2, 0) is 16.0 Å². The fourth-order valence-corrected chi connectivity index (χ4v) is 3.57. The molecule has 1 unspecified atom stereocenters. The Hall–Kier alpha value is -2.53. The van der Waals surface area contributed by atoms with Crippen LogP contribution in [0.5, 0.6) is 0 Å². The Morgan fingerprint density at radius 1 is 1.08 bits per heavy atom. The van der Waals surface area contributed by atoms with E-state index < -0.39 is 6.10 Å². The summed E-state index contributed by atoms with van der Waals surface area (Å²) in [6, 6.07) is 16.9. The fourth-order valence-electron chi connectivity index (χ4n) is 2.56. The van der Waals surface area contributed by atoms with Gasteiger partial charge in [-0.2, -0.15) is 0 Å². The first kappa shape index (κ1) is 17.3. The van der Waals surface area contributed by atoms with Crippen molar-refractivity contribution in [2.75, 3.05) is 0 Å². The number of benzene rings is 2. The molecule has 0 bridgehead atoms. The van der Waals surface area contributed by atoms with Gasteiger partial charge < -0.3 is 4.74 Å². The molecule has 1 heterocycles. The van der Waals surface area contributed by atoms with Crippen LogP contribution < -0.4 is 0 Å². The number of Topliss-reactive ketones (excluding diaryl/α,β-unsaturated/α-hetero) is 1. The van der Waals surface area contributed by atoms with Gasteiger partial charge in [-0.3, -0.25) is 9.59 Å². The quantitative estimate of drug-likeness (QED) is 0.466. The Labute approximate surface area is 150 Å². The Morgan fingerprint density at radius 2 is 1.80 bits per heavy atom. The van der Waals surface area contributed by atoms with Crippen molar-refractivity contribution >= 4 is 33.3 Å². The van der Waals surface area contributed by atoms with Gasteiger partial charge in [-0.15, -0.1) is 11.3 Å². The highest BCUT2D eigenvalue weighted by Gasteiger charge is 2.19. The summed E-state index contributed by atoms with van der Waals surface area (Å²) in [7, 11) is 0. The summed E-state index contributed by atoms with van der Waals surface area (Å²) in [5.41, 5.74) is 1.55. The van der Waals surface area contributed by atoms with Crippen molar-refractivity contribution in [1.29, 1.82) is 0 Å². The Kier molecular flexibility index (Phi) is 5.56. The number of esters is 1. The number of nitrogens with zero attached hydrogens (tertiary/aromatic N) is 1. The lowest BCUT2D eigenvalue weighted by Gasteiger charge is -2.12. The van der Waals surface area contributed by atoms with E-state index >= 15 is 0 Å². The molecule has 0 radical (unpaired) electrons. The van der Waals surface area contributed by atoms with Crippen molar-refractivity contribution in [2.24, 2.45) is 0 Å². The highest BCUT2D eigenvalue weighted by atomic mass is 32.1. The predicted octanol–water partition coefficient (Wildman–Crippen LogP) is 4.43. The maximum absolute atomic E-state index is 12.2. The van der Waals surface area contributed by atoms with Gasteiger partial charge in [-0.05, 0) is 31.9 Å². The molecular formula is C20H19NO3S. The number of fused-ring (bicyclic) bond motifs is 1. The highest BCUT2D eigenvalue weighted by Crippen LogP contribution is 2.22. The SMILES string of the molecule is CC(OC(=O)CCCc1nc2ccccc2s1)C(=O)c1ccccc1. The van der Waals surface area contributed by atoms with Crippen molar-refractivity contribution in [3.63, 3.8) is 0 Å². The van der Waals surface area contributed by atoms with Gasteiger partial charge in [0, 0.05) is 12.0 Å². The maximum atomic E-state index is 12.2. The minimum atomic E-state index is -0.766. The molecule has 0 fully saturated rings. The van der Waals surface area contributed by atoms with E-state index in [1.54, 1.807) is 42.5 Å². The van der Waals surface area contributed by atoms with Crippen LogP contribution in [0.2, 0.25) is 0 Å². The Bertz CT molecular complexity index is 840. The molecule has 1 aromatic heterocycles. The minimum absolute atomic E-state index is 0.180. The third-order valence-corrected chi connectivity index (χ3v) is 4.94. The second kappa shape index (κ2) is 8.03. The molecule has 0 aliphatic heterocycles. The number of carbonyl (C=O) groups is 2. The normalized spacial score (nSPS) is 12.0. The van der Waals surface area contributed by atoms with Gasteiger partial charge in [0.25, 0.3) is 0 Å². The maximum Gasteiger partial charge on any atom is 0.306 e. The molecule has 0 saturated heterocycles. The minimum Gasteiger partial charge on any atom is -0.454 e. The summed E-state index contributed by atoms with van der Waals surface area (Å²) in [6.45, 7) is 1.61. The first-order chi connectivity index (χ1) is 12.1. The number of carbonyl (C=O) groups excluding carboxylic acids is 2. The second-order valence-corrected chi connectivity index (χ2v) is 6.91. The van der Waals surface area contributed by atoms with Crippen molar-refractivity contribution in [2.45, 2.75) is 32.3 Å². The number of ketones is 1. The molecule has 2 aromatic carbocycles. The molecule has 25 heavy (non-hydrogen) atoms. The van der Waals surface area contributed by atoms with Gasteiger partial charge in [0.1, 0.15) is 0 Å². The van der Waals surface area contributed by atoms with E-state index in [1.807, 2.05) is 30.3 Å². The van der Waals surface area contributed by atoms with E-state index in [4.69, 9.17) is 4.74 Å².